The molecular formula is C23H29N7O5. The van der Waals surface area contributed by atoms with E-state index in [9.17, 15) is 9.90 Å². The number of nitrogens with zero attached hydrogens (tertiary/aromatic N) is 6. The summed E-state index contributed by atoms with van der Waals surface area (Å²) in [5.41, 5.74) is 2.82. The van der Waals surface area contributed by atoms with E-state index in [4.69, 9.17) is 19.0 Å². The quantitative estimate of drug-likeness (QED) is 0.438. The lowest BCUT2D eigenvalue weighted by Crippen LogP contribution is -2.29. The Morgan fingerprint density at radius 1 is 1.23 bits per heavy atom. The minimum atomic E-state index is -0.754. The maximum Gasteiger partial charge on any atom is 0.306 e. The van der Waals surface area contributed by atoms with Crippen LogP contribution in [0, 0.1) is 12.8 Å². The predicted octanol–water partition coefficient (Wildman–Crippen LogP) is 2.88. The molecule has 12 heteroatoms. The second-order valence-corrected chi connectivity index (χ2v) is 9.11. The van der Waals surface area contributed by atoms with Crippen LogP contribution in [-0.4, -0.2) is 53.4 Å². The molecule has 0 aliphatic heterocycles. The van der Waals surface area contributed by atoms with Crippen molar-refractivity contribution < 1.29 is 23.9 Å². The third-order valence-electron chi connectivity index (χ3n) is 6.34. The molecule has 0 spiro atoms. The van der Waals surface area contributed by atoms with Gasteiger partial charge >= 0.3 is 5.97 Å². The lowest BCUT2D eigenvalue weighted by molar-refractivity contribution is -0.143. The van der Waals surface area contributed by atoms with Crippen LogP contribution in [0.4, 0.5) is 5.95 Å². The molecule has 186 valence electrons. The molecule has 2 unspecified atom stereocenters. The van der Waals surface area contributed by atoms with Crippen molar-refractivity contribution in [2.45, 2.75) is 70.8 Å². The zero-order valence-corrected chi connectivity index (χ0v) is 19.8. The lowest BCUT2D eigenvalue weighted by Gasteiger charge is -2.27. The number of hydrogen-bond donors (Lipinski definition) is 2. The van der Waals surface area contributed by atoms with E-state index in [1.165, 1.54) is 0 Å². The largest absolute Gasteiger partial charge is 0.489 e. The number of carboxylic acid groups (broad SMARTS) is 1. The fraction of sp³-hybridized carbons (Fsp3) is 0.565. The number of rotatable bonds is 10. The summed E-state index contributed by atoms with van der Waals surface area (Å²) in [6.07, 6.45) is 5.27. The summed E-state index contributed by atoms with van der Waals surface area (Å²) in [5.74, 6) is 0.351. The average Bonchev–Trinajstić information content (AvgIpc) is 3.45. The Bertz CT molecular complexity index is 1190. The molecule has 2 fully saturated rings. The third-order valence-corrected chi connectivity index (χ3v) is 6.34. The van der Waals surface area contributed by atoms with Crippen molar-refractivity contribution >= 4 is 11.9 Å². The van der Waals surface area contributed by atoms with Crippen LogP contribution in [0.25, 0.3) is 11.4 Å². The lowest BCUT2D eigenvalue weighted by atomic mass is 9.87. The summed E-state index contributed by atoms with van der Waals surface area (Å²) in [4.78, 5) is 20.3. The van der Waals surface area contributed by atoms with E-state index in [-0.39, 0.29) is 12.0 Å². The molecule has 3 aromatic heterocycles. The van der Waals surface area contributed by atoms with E-state index in [0.29, 0.717) is 66.8 Å². The van der Waals surface area contributed by atoms with Gasteiger partial charge < -0.3 is 24.4 Å². The van der Waals surface area contributed by atoms with Gasteiger partial charge in [-0.25, -0.2) is 9.67 Å². The molecule has 0 aromatic carbocycles. The first-order valence-electron chi connectivity index (χ1n) is 11.9. The molecule has 2 aliphatic rings. The van der Waals surface area contributed by atoms with Crippen LogP contribution in [0.3, 0.4) is 0 Å². The van der Waals surface area contributed by atoms with Crippen LogP contribution in [0.5, 0.6) is 5.75 Å². The van der Waals surface area contributed by atoms with E-state index in [1.54, 1.807) is 4.68 Å². The van der Waals surface area contributed by atoms with E-state index >= 15 is 0 Å². The van der Waals surface area contributed by atoms with E-state index in [2.05, 4.69) is 25.8 Å². The maximum absolute atomic E-state index is 11.3. The van der Waals surface area contributed by atoms with Crippen LogP contribution < -0.4 is 10.1 Å². The number of aromatic nitrogens is 6. The highest BCUT2D eigenvalue weighted by molar-refractivity contribution is 5.70. The molecule has 3 aromatic rings. The SMILES string of the molecule is Cc1nc(-c2nnn(C)c2CNc2noc(COC3CC3)n2)ccc1OC1CCCC(C(=O)O)C1. The summed E-state index contributed by atoms with van der Waals surface area (Å²) in [5, 5.41) is 24.9. The van der Waals surface area contributed by atoms with Gasteiger partial charge in [0.25, 0.3) is 11.8 Å². The first kappa shape index (κ1) is 23.2. The fourth-order valence-corrected chi connectivity index (χ4v) is 4.21. The molecule has 0 saturated heterocycles. The Hall–Kier alpha value is -3.54. The number of carbonyl (C=O) groups is 1. The highest BCUT2D eigenvalue weighted by Crippen LogP contribution is 2.30. The number of carboxylic acids is 1. The topological polar surface area (TPSA) is 150 Å². The average molecular weight is 484 g/mol. The van der Waals surface area contributed by atoms with Gasteiger partial charge in [-0.3, -0.25) is 4.79 Å². The summed E-state index contributed by atoms with van der Waals surface area (Å²) >= 11 is 0. The van der Waals surface area contributed by atoms with Gasteiger partial charge in [-0.1, -0.05) is 5.21 Å². The Morgan fingerprint density at radius 3 is 2.86 bits per heavy atom. The Morgan fingerprint density at radius 2 is 2.09 bits per heavy atom. The molecule has 35 heavy (non-hydrogen) atoms. The van der Waals surface area contributed by atoms with Gasteiger partial charge in [0.1, 0.15) is 18.1 Å². The molecule has 5 rings (SSSR count). The number of ether oxygens (including phenoxy) is 2. The second kappa shape index (κ2) is 9.98. The number of aryl methyl sites for hydroxylation is 2. The predicted molar refractivity (Wildman–Crippen MR) is 122 cm³/mol. The first-order chi connectivity index (χ1) is 17.0. The van der Waals surface area contributed by atoms with Crippen LogP contribution >= 0.6 is 0 Å². The summed E-state index contributed by atoms with van der Waals surface area (Å²) < 4.78 is 18.6. The number of aliphatic carboxylic acids is 1. The zero-order valence-electron chi connectivity index (χ0n) is 19.8. The zero-order chi connectivity index (χ0) is 24.4. The van der Waals surface area contributed by atoms with E-state index in [1.807, 2.05) is 26.1 Å². The summed E-state index contributed by atoms with van der Waals surface area (Å²) in [7, 11) is 1.81. The number of pyridine rings is 1. The third kappa shape index (κ3) is 5.59. The molecule has 0 radical (unpaired) electrons. The highest BCUT2D eigenvalue weighted by atomic mass is 16.5. The molecule has 2 N–H and O–H groups in total. The number of anilines is 1. The standard InChI is InChI=1S/C23H29N7O5/c1-13-19(34-16-5-3-4-14(10-16)22(31)32)9-8-17(25-13)21-18(30(2)29-27-21)11-24-23-26-20(35-28-23)12-33-15-6-7-15/h8-9,14-16H,3-7,10-12H2,1-2H3,(H,24,28)(H,31,32). The van der Waals surface area contributed by atoms with Crippen molar-refractivity contribution in [3.63, 3.8) is 0 Å². The molecule has 2 atom stereocenters. The molecular weight excluding hydrogens is 454 g/mol. The Balaban J connectivity index is 1.24. The van der Waals surface area contributed by atoms with Gasteiger partial charge in [-0.2, -0.15) is 4.98 Å². The molecule has 2 aliphatic carbocycles. The van der Waals surface area contributed by atoms with Gasteiger partial charge in [0.05, 0.1) is 41.8 Å². The minimum absolute atomic E-state index is 0.123. The van der Waals surface area contributed by atoms with Crippen LogP contribution in [0.1, 0.15) is 55.8 Å². The highest BCUT2D eigenvalue weighted by Gasteiger charge is 2.28. The summed E-state index contributed by atoms with van der Waals surface area (Å²) in [6, 6.07) is 3.70. The maximum atomic E-state index is 11.3. The smallest absolute Gasteiger partial charge is 0.306 e. The first-order valence-corrected chi connectivity index (χ1v) is 11.9. The van der Waals surface area contributed by atoms with Crippen molar-refractivity contribution in [2.75, 3.05) is 5.32 Å². The Kier molecular flexibility index (Phi) is 6.62. The molecule has 12 nitrogen and oxygen atoms in total. The van der Waals surface area contributed by atoms with Gasteiger partial charge in [-0.05, 0) is 62.7 Å². The van der Waals surface area contributed by atoms with Crippen LogP contribution in [-0.2, 0) is 29.7 Å². The molecule has 2 saturated carbocycles. The van der Waals surface area contributed by atoms with Gasteiger partial charge in [0, 0.05) is 7.05 Å². The van der Waals surface area contributed by atoms with Crippen molar-refractivity contribution in [1.29, 1.82) is 0 Å². The molecule has 3 heterocycles. The van der Waals surface area contributed by atoms with E-state index < -0.39 is 5.97 Å². The second-order valence-electron chi connectivity index (χ2n) is 9.11. The van der Waals surface area contributed by atoms with Crippen molar-refractivity contribution in [1.82, 2.24) is 30.1 Å². The van der Waals surface area contributed by atoms with Crippen molar-refractivity contribution in [3.05, 3.63) is 29.4 Å². The van der Waals surface area contributed by atoms with Crippen LogP contribution in [0.15, 0.2) is 16.7 Å². The fourth-order valence-electron chi connectivity index (χ4n) is 4.21. The Labute approximate surface area is 202 Å². The number of nitrogens with one attached hydrogen (secondary N) is 1. The van der Waals surface area contributed by atoms with Gasteiger partial charge in [0.15, 0.2) is 0 Å². The van der Waals surface area contributed by atoms with Crippen LogP contribution in [0.2, 0.25) is 0 Å². The normalized spacial score (nSPS) is 20.1. The van der Waals surface area contributed by atoms with Crippen molar-refractivity contribution in [3.8, 4) is 17.1 Å². The van der Waals surface area contributed by atoms with Gasteiger partial charge in [0.2, 0.25) is 0 Å². The monoisotopic (exact) mass is 483 g/mol. The van der Waals surface area contributed by atoms with Gasteiger partial charge in [-0.15, -0.1) is 5.10 Å². The molecule has 0 bridgehead atoms. The van der Waals surface area contributed by atoms with Crippen molar-refractivity contribution in [2.24, 2.45) is 13.0 Å². The molecule has 0 amide bonds. The minimum Gasteiger partial charge on any atom is -0.489 e. The number of hydrogen-bond acceptors (Lipinski definition) is 10. The summed E-state index contributed by atoms with van der Waals surface area (Å²) in [6.45, 7) is 2.56. The van der Waals surface area contributed by atoms with E-state index in [0.717, 1.165) is 31.4 Å².